The van der Waals surface area contributed by atoms with Crippen molar-refractivity contribution in [3.63, 3.8) is 0 Å². The van der Waals surface area contributed by atoms with Crippen LogP contribution in [-0.2, 0) is 6.54 Å². The molecule has 0 fully saturated rings. The summed E-state index contributed by atoms with van der Waals surface area (Å²) in [7, 11) is 0. The molecule has 2 rings (SSSR count). The molecule has 0 spiro atoms. The second-order valence-corrected chi connectivity index (χ2v) is 3.59. The van der Waals surface area contributed by atoms with E-state index in [4.69, 9.17) is 0 Å². The summed E-state index contributed by atoms with van der Waals surface area (Å²) in [4.78, 5) is 19.5. The first kappa shape index (κ1) is 11.2. The minimum absolute atomic E-state index is 0.0637. The van der Waals surface area contributed by atoms with E-state index in [1.54, 1.807) is 17.1 Å². The van der Waals surface area contributed by atoms with Gasteiger partial charge in [0.1, 0.15) is 5.69 Å². The largest absolute Gasteiger partial charge is 0.346 e. The lowest BCUT2D eigenvalue weighted by Crippen LogP contribution is -2.36. The lowest BCUT2D eigenvalue weighted by Gasteiger charge is -2.12. The van der Waals surface area contributed by atoms with Gasteiger partial charge in [0.2, 0.25) is 0 Å². The second kappa shape index (κ2) is 5.15. The summed E-state index contributed by atoms with van der Waals surface area (Å²) in [6.45, 7) is 2.45. The van der Waals surface area contributed by atoms with Gasteiger partial charge >= 0.3 is 0 Å². The number of carbonyl (C=O) groups is 1. The van der Waals surface area contributed by atoms with Crippen LogP contribution in [0.15, 0.2) is 31.0 Å². The number of aromatic nitrogens is 5. The smallest absolute Gasteiger partial charge is 0.271 e. The van der Waals surface area contributed by atoms with Gasteiger partial charge < -0.3 is 5.32 Å². The fourth-order valence-corrected chi connectivity index (χ4v) is 1.37. The molecule has 0 unspecified atom stereocenters. The average molecular weight is 232 g/mol. The highest BCUT2D eigenvalue weighted by molar-refractivity contribution is 5.92. The zero-order valence-electron chi connectivity index (χ0n) is 9.32. The van der Waals surface area contributed by atoms with Crippen molar-refractivity contribution in [2.45, 2.75) is 19.5 Å². The van der Waals surface area contributed by atoms with Gasteiger partial charge in [-0.2, -0.15) is 0 Å². The van der Waals surface area contributed by atoms with Crippen LogP contribution in [0.2, 0.25) is 0 Å². The molecular formula is C10H12N6O. The Hall–Kier alpha value is -2.31. The van der Waals surface area contributed by atoms with E-state index in [1.165, 1.54) is 18.6 Å². The Bertz CT molecular complexity index is 469. The number of hydrogen-bond donors (Lipinski definition) is 1. The van der Waals surface area contributed by atoms with E-state index in [0.29, 0.717) is 12.2 Å². The summed E-state index contributed by atoms with van der Waals surface area (Å²) in [5.74, 6) is -0.245. The van der Waals surface area contributed by atoms with Crippen LogP contribution in [0, 0.1) is 0 Å². The zero-order valence-corrected chi connectivity index (χ0v) is 9.32. The molecule has 0 aromatic carbocycles. The number of amides is 1. The number of nitrogens with zero attached hydrogens (tertiary/aromatic N) is 5. The lowest BCUT2D eigenvalue weighted by molar-refractivity contribution is 0.0930. The molecule has 1 amide bonds. The van der Waals surface area contributed by atoms with Crippen molar-refractivity contribution in [2.75, 3.05) is 0 Å². The van der Waals surface area contributed by atoms with E-state index in [2.05, 4.69) is 25.6 Å². The topological polar surface area (TPSA) is 85.6 Å². The second-order valence-electron chi connectivity index (χ2n) is 3.59. The predicted molar refractivity (Wildman–Crippen MR) is 59.0 cm³/mol. The van der Waals surface area contributed by atoms with Crippen LogP contribution in [0.25, 0.3) is 0 Å². The molecule has 0 aliphatic heterocycles. The molecule has 88 valence electrons. The molecule has 2 heterocycles. The minimum Gasteiger partial charge on any atom is -0.346 e. The quantitative estimate of drug-likeness (QED) is 0.794. The van der Waals surface area contributed by atoms with Crippen molar-refractivity contribution in [1.82, 2.24) is 30.3 Å². The van der Waals surface area contributed by atoms with E-state index >= 15 is 0 Å². The fraction of sp³-hybridized carbons (Fsp3) is 0.300. The van der Waals surface area contributed by atoms with Crippen LogP contribution in [0.1, 0.15) is 17.4 Å². The van der Waals surface area contributed by atoms with Crippen molar-refractivity contribution < 1.29 is 4.79 Å². The van der Waals surface area contributed by atoms with Gasteiger partial charge in [-0.15, -0.1) is 5.10 Å². The van der Waals surface area contributed by atoms with E-state index in [-0.39, 0.29) is 11.9 Å². The Labute approximate surface area is 97.9 Å². The summed E-state index contributed by atoms with van der Waals surface area (Å²) in [6.07, 6.45) is 7.77. The molecule has 2 aromatic rings. The van der Waals surface area contributed by atoms with Crippen LogP contribution in [-0.4, -0.2) is 36.9 Å². The van der Waals surface area contributed by atoms with Crippen LogP contribution in [0.3, 0.4) is 0 Å². The van der Waals surface area contributed by atoms with Crippen LogP contribution < -0.4 is 5.32 Å². The Morgan fingerprint density at radius 1 is 1.47 bits per heavy atom. The van der Waals surface area contributed by atoms with Crippen molar-refractivity contribution in [3.8, 4) is 0 Å². The molecule has 7 nitrogen and oxygen atoms in total. The van der Waals surface area contributed by atoms with Crippen molar-refractivity contribution in [3.05, 3.63) is 36.7 Å². The summed E-state index contributed by atoms with van der Waals surface area (Å²) in [6, 6.07) is -0.0637. The molecule has 7 heteroatoms. The molecule has 0 radical (unpaired) electrons. The fourth-order valence-electron chi connectivity index (χ4n) is 1.37. The first-order chi connectivity index (χ1) is 8.25. The maximum Gasteiger partial charge on any atom is 0.271 e. The van der Waals surface area contributed by atoms with Crippen LogP contribution in [0.5, 0.6) is 0 Å². The summed E-state index contributed by atoms with van der Waals surface area (Å²) in [5, 5.41) is 10.3. The van der Waals surface area contributed by atoms with Crippen molar-refractivity contribution in [2.24, 2.45) is 0 Å². The number of carbonyl (C=O) groups excluding carboxylic acids is 1. The van der Waals surface area contributed by atoms with Crippen LogP contribution >= 0.6 is 0 Å². The molecule has 0 saturated heterocycles. The third-order valence-corrected chi connectivity index (χ3v) is 2.11. The summed E-state index contributed by atoms with van der Waals surface area (Å²) >= 11 is 0. The Morgan fingerprint density at radius 3 is 3.00 bits per heavy atom. The molecule has 0 aliphatic carbocycles. The normalized spacial score (nSPS) is 12.1. The highest BCUT2D eigenvalue weighted by Crippen LogP contribution is 1.94. The number of rotatable bonds is 4. The standard InChI is InChI=1S/C10H12N6O/c1-8(7-16-5-4-13-15-16)14-10(17)9-6-11-2-3-12-9/h2-6,8H,7H2,1H3,(H,14,17)/t8-/m1/s1. The van der Waals surface area contributed by atoms with Gasteiger partial charge in [-0.1, -0.05) is 5.21 Å². The van der Waals surface area contributed by atoms with Gasteiger partial charge in [-0.3, -0.25) is 14.5 Å². The molecule has 2 aromatic heterocycles. The van der Waals surface area contributed by atoms with Gasteiger partial charge in [0.15, 0.2) is 0 Å². The molecule has 1 atom stereocenters. The molecule has 0 saturated carbocycles. The first-order valence-corrected chi connectivity index (χ1v) is 5.16. The van der Waals surface area contributed by atoms with Crippen molar-refractivity contribution >= 4 is 5.91 Å². The van der Waals surface area contributed by atoms with Gasteiger partial charge in [0.25, 0.3) is 5.91 Å². The average Bonchev–Trinajstić information content (AvgIpc) is 2.82. The third kappa shape index (κ3) is 3.07. The van der Waals surface area contributed by atoms with Gasteiger partial charge in [0, 0.05) is 24.6 Å². The SMILES string of the molecule is C[C@H](Cn1ccnn1)NC(=O)c1cnccn1. The maximum absolute atomic E-state index is 11.7. The predicted octanol–water partition coefficient (Wildman–Crippen LogP) is -0.113. The molecule has 0 aliphatic rings. The Kier molecular flexibility index (Phi) is 3.39. The van der Waals surface area contributed by atoms with E-state index < -0.39 is 0 Å². The minimum atomic E-state index is -0.245. The number of nitrogens with one attached hydrogen (secondary N) is 1. The molecular weight excluding hydrogens is 220 g/mol. The van der Waals surface area contributed by atoms with E-state index in [0.717, 1.165) is 0 Å². The maximum atomic E-state index is 11.7. The van der Waals surface area contributed by atoms with E-state index in [1.807, 2.05) is 6.92 Å². The first-order valence-electron chi connectivity index (χ1n) is 5.16. The molecule has 17 heavy (non-hydrogen) atoms. The third-order valence-electron chi connectivity index (χ3n) is 2.11. The summed E-state index contributed by atoms with van der Waals surface area (Å²) in [5.41, 5.74) is 0.304. The Balaban J connectivity index is 1.91. The number of hydrogen-bond acceptors (Lipinski definition) is 5. The van der Waals surface area contributed by atoms with Gasteiger partial charge in [0.05, 0.1) is 18.9 Å². The van der Waals surface area contributed by atoms with Crippen molar-refractivity contribution in [1.29, 1.82) is 0 Å². The highest BCUT2D eigenvalue weighted by Gasteiger charge is 2.11. The van der Waals surface area contributed by atoms with Crippen LogP contribution in [0.4, 0.5) is 0 Å². The zero-order chi connectivity index (χ0) is 12.1. The summed E-state index contributed by atoms with van der Waals surface area (Å²) < 4.78 is 1.65. The Morgan fingerprint density at radius 2 is 2.35 bits per heavy atom. The lowest BCUT2D eigenvalue weighted by atomic mass is 10.3. The monoisotopic (exact) mass is 232 g/mol. The molecule has 0 bridgehead atoms. The molecule has 1 N–H and O–H groups in total. The van der Waals surface area contributed by atoms with Gasteiger partial charge in [-0.25, -0.2) is 4.98 Å². The highest BCUT2D eigenvalue weighted by atomic mass is 16.1. The van der Waals surface area contributed by atoms with E-state index in [9.17, 15) is 4.79 Å². The van der Waals surface area contributed by atoms with Gasteiger partial charge in [-0.05, 0) is 6.92 Å².